The molecule has 0 heterocycles. The molecule has 1 aromatic carbocycles. The molecule has 7 heteroatoms. The molecule has 3 N–H and O–H groups in total. The van der Waals surface area contributed by atoms with Crippen LogP contribution in [0, 0.1) is 12.3 Å². The van der Waals surface area contributed by atoms with E-state index in [4.69, 9.17) is 11.6 Å². The minimum absolute atomic E-state index is 0.128. The lowest BCUT2D eigenvalue weighted by molar-refractivity contribution is 0.0940. The Balaban J connectivity index is 3.05. The smallest absolute Gasteiger partial charge is 0.251 e. The summed E-state index contributed by atoms with van der Waals surface area (Å²) in [7, 11) is -3.86. The van der Waals surface area contributed by atoms with Crippen molar-refractivity contribution in [2.45, 2.75) is 24.3 Å². The van der Waals surface area contributed by atoms with Gasteiger partial charge in [-0.05, 0) is 25.1 Å². The number of carbonyl (C=O) groups excluding carboxylic acids is 1. The first-order valence-corrected chi connectivity index (χ1v) is 7.65. The second-order valence-electron chi connectivity index (χ2n) is 4.00. The third kappa shape index (κ3) is 4.67. The summed E-state index contributed by atoms with van der Waals surface area (Å²) in [5.74, 6) is 2.02. The molecule has 5 nitrogen and oxygen atoms in total. The Kier molecular flexibility index (Phi) is 5.11. The van der Waals surface area contributed by atoms with Crippen molar-refractivity contribution in [3.05, 3.63) is 28.2 Å². The Bertz CT molecular complexity index is 635. The normalized spacial score (nSPS) is 12.5. The molecule has 1 amide bonds. The number of carbonyl (C=O) groups is 1. The lowest BCUT2D eigenvalue weighted by Gasteiger charge is -2.11. The van der Waals surface area contributed by atoms with E-state index in [0.29, 0.717) is 10.9 Å². The maximum atomic E-state index is 11.9. The number of nitrogens with two attached hydrogens (primary N) is 1. The molecule has 0 aliphatic carbocycles. The van der Waals surface area contributed by atoms with Crippen LogP contribution in [0.3, 0.4) is 0 Å². The lowest BCUT2D eigenvalue weighted by atomic mass is 10.2. The highest BCUT2D eigenvalue weighted by Gasteiger charge is 2.15. The van der Waals surface area contributed by atoms with Crippen molar-refractivity contribution in [3.63, 3.8) is 0 Å². The predicted octanol–water partition coefficient (Wildman–Crippen LogP) is 1.24. The van der Waals surface area contributed by atoms with Crippen LogP contribution in [0.25, 0.3) is 0 Å². The second-order valence-corrected chi connectivity index (χ2v) is 6.48. The highest BCUT2D eigenvalue weighted by molar-refractivity contribution is 9.10. The van der Waals surface area contributed by atoms with Crippen LogP contribution >= 0.6 is 15.9 Å². The van der Waals surface area contributed by atoms with E-state index in [9.17, 15) is 13.2 Å². The summed E-state index contributed by atoms with van der Waals surface area (Å²) in [5, 5.41) is 7.70. The lowest BCUT2D eigenvalue weighted by Crippen LogP contribution is -2.32. The molecule has 0 aromatic heterocycles. The second kappa shape index (κ2) is 6.19. The van der Waals surface area contributed by atoms with Crippen LogP contribution in [0.5, 0.6) is 0 Å². The topological polar surface area (TPSA) is 89.3 Å². The molecule has 1 atom stereocenters. The zero-order valence-electron chi connectivity index (χ0n) is 10.2. The van der Waals surface area contributed by atoms with Gasteiger partial charge in [0.15, 0.2) is 0 Å². The molecule has 0 aliphatic rings. The zero-order valence-corrected chi connectivity index (χ0v) is 12.6. The predicted molar refractivity (Wildman–Crippen MR) is 75.9 cm³/mol. The number of nitrogens with one attached hydrogen (secondary N) is 1. The van der Waals surface area contributed by atoms with Crippen LogP contribution in [0.15, 0.2) is 27.6 Å². The van der Waals surface area contributed by atoms with Crippen LogP contribution in [-0.4, -0.2) is 20.4 Å². The van der Waals surface area contributed by atoms with E-state index in [2.05, 4.69) is 27.2 Å². The van der Waals surface area contributed by atoms with E-state index < -0.39 is 15.9 Å². The third-order valence-electron chi connectivity index (χ3n) is 2.26. The number of sulfonamides is 1. The first-order valence-electron chi connectivity index (χ1n) is 5.31. The van der Waals surface area contributed by atoms with Crippen LogP contribution in [-0.2, 0) is 10.0 Å². The van der Waals surface area contributed by atoms with Gasteiger partial charge in [0, 0.05) is 22.5 Å². The number of halogens is 1. The van der Waals surface area contributed by atoms with E-state index in [-0.39, 0.29) is 16.5 Å². The van der Waals surface area contributed by atoms with Crippen molar-refractivity contribution >= 4 is 31.9 Å². The van der Waals surface area contributed by atoms with E-state index in [1.807, 2.05) is 0 Å². The van der Waals surface area contributed by atoms with E-state index in [1.54, 1.807) is 6.92 Å². The Morgan fingerprint density at radius 2 is 2.16 bits per heavy atom. The molecule has 0 saturated heterocycles. The minimum atomic E-state index is -3.86. The number of rotatable bonds is 4. The Hall–Kier alpha value is -1.36. The molecule has 0 fully saturated rings. The zero-order chi connectivity index (χ0) is 14.6. The molecule has 0 radical (unpaired) electrons. The summed E-state index contributed by atoms with van der Waals surface area (Å²) >= 11 is 3.14. The van der Waals surface area contributed by atoms with Gasteiger partial charge in [0.2, 0.25) is 10.0 Å². The van der Waals surface area contributed by atoms with Gasteiger partial charge in [-0.1, -0.05) is 15.9 Å². The van der Waals surface area contributed by atoms with Gasteiger partial charge in [-0.2, -0.15) is 0 Å². The molecule has 1 unspecified atom stereocenters. The highest BCUT2D eigenvalue weighted by atomic mass is 79.9. The standard InChI is InChI=1S/C12H13BrN2O3S/c1-3-4-8(2)15-12(16)9-5-10(13)7-11(6-9)19(14,17)18/h1,5-8H,4H2,2H3,(H,15,16)(H2,14,17,18). The van der Waals surface area contributed by atoms with Crippen molar-refractivity contribution in [1.29, 1.82) is 0 Å². The van der Waals surface area contributed by atoms with Crippen LogP contribution in [0.4, 0.5) is 0 Å². The number of hydrogen-bond acceptors (Lipinski definition) is 3. The van der Waals surface area contributed by atoms with Crippen molar-refractivity contribution in [1.82, 2.24) is 5.32 Å². The van der Waals surface area contributed by atoms with Gasteiger partial charge in [-0.15, -0.1) is 12.3 Å². The fraction of sp³-hybridized carbons (Fsp3) is 0.250. The molecule has 19 heavy (non-hydrogen) atoms. The van der Waals surface area contributed by atoms with Crippen molar-refractivity contribution in [2.75, 3.05) is 0 Å². The first kappa shape index (κ1) is 15.7. The summed E-state index contributed by atoms with van der Waals surface area (Å²) in [6.07, 6.45) is 5.54. The molecule has 1 rings (SSSR count). The average Bonchev–Trinajstić information content (AvgIpc) is 2.27. The number of hydrogen-bond donors (Lipinski definition) is 2. The molecule has 0 bridgehead atoms. The fourth-order valence-electron chi connectivity index (χ4n) is 1.39. The van der Waals surface area contributed by atoms with Crippen molar-refractivity contribution in [3.8, 4) is 12.3 Å². The average molecular weight is 345 g/mol. The third-order valence-corrected chi connectivity index (χ3v) is 3.61. The summed E-state index contributed by atoms with van der Waals surface area (Å²) in [6, 6.07) is 3.86. The van der Waals surface area contributed by atoms with Gasteiger partial charge in [0.1, 0.15) is 0 Å². The summed E-state index contributed by atoms with van der Waals surface area (Å²) in [5.41, 5.74) is 0.197. The largest absolute Gasteiger partial charge is 0.349 e. The molecule has 0 saturated carbocycles. The first-order chi connectivity index (χ1) is 8.74. The summed E-state index contributed by atoms with van der Waals surface area (Å²) < 4.78 is 23.0. The quantitative estimate of drug-likeness (QED) is 0.805. The SMILES string of the molecule is C#CCC(C)NC(=O)c1cc(Br)cc(S(N)(=O)=O)c1. The number of benzene rings is 1. The summed E-state index contributed by atoms with van der Waals surface area (Å²) in [6.45, 7) is 1.76. The molecule has 102 valence electrons. The van der Waals surface area contributed by atoms with Crippen LogP contribution < -0.4 is 10.5 Å². The van der Waals surface area contributed by atoms with Gasteiger partial charge in [-0.25, -0.2) is 13.6 Å². The number of terminal acetylenes is 1. The molecule has 0 spiro atoms. The van der Waals surface area contributed by atoms with Crippen molar-refractivity contribution < 1.29 is 13.2 Å². The Labute approximate surface area is 120 Å². The Morgan fingerprint density at radius 3 is 2.68 bits per heavy atom. The van der Waals surface area contributed by atoms with E-state index >= 15 is 0 Å². The number of primary sulfonamides is 1. The van der Waals surface area contributed by atoms with Crippen LogP contribution in [0.2, 0.25) is 0 Å². The minimum Gasteiger partial charge on any atom is -0.349 e. The molecular weight excluding hydrogens is 332 g/mol. The fourth-order valence-corrected chi connectivity index (χ4v) is 2.62. The summed E-state index contributed by atoms with van der Waals surface area (Å²) in [4.78, 5) is 11.8. The van der Waals surface area contributed by atoms with Gasteiger partial charge >= 0.3 is 0 Å². The maximum Gasteiger partial charge on any atom is 0.251 e. The van der Waals surface area contributed by atoms with Gasteiger partial charge in [0.25, 0.3) is 5.91 Å². The van der Waals surface area contributed by atoms with Gasteiger partial charge < -0.3 is 5.32 Å². The van der Waals surface area contributed by atoms with Gasteiger partial charge in [0.05, 0.1) is 4.90 Å². The highest BCUT2D eigenvalue weighted by Crippen LogP contribution is 2.18. The van der Waals surface area contributed by atoms with E-state index in [0.717, 1.165) is 0 Å². The molecule has 1 aromatic rings. The van der Waals surface area contributed by atoms with Crippen molar-refractivity contribution in [2.24, 2.45) is 5.14 Å². The van der Waals surface area contributed by atoms with E-state index in [1.165, 1.54) is 18.2 Å². The van der Waals surface area contributed by atoms with Crippen LogP contribution in [0.1, 0.15) is 23.7 Å². The Morgan fingerprint density at radius 1 is 1.53 bits per heavy atom. The monoisotopic (exact) mass is 344 g/mol. The maximum absolute atomic E-state index is 11.9. The van der Waals surface area contributed by atoms with Gasteiger partial charge in [-0.3, -0.25) is 4.79 Å². The number of amides is 1. The molecular formula is C12H13BrN2O3S. The molecule has 0 aliphatic heterocycles.